The molecule has 9 heteroatoms. The second-order valence-corrected chi connectivity index (χ2v) is 8.12. The Morgan fingerprint density at radius 2 is 2.03 bits per heavy atom. The van der Waals surface area contributed by atoms with Gasteiger partial charge in [0.2, 0.25) is 5.91 Å². The molecule has 2 unspecified atom stereocenters. The zero-order chi connectivity index (χ0) is 23.3. The number of amides is 1. The van der Waals surface area contributed by atoms with E-state index in [9.17, 15) is 18.0 Å². The van der Waals surface area contributed by atoms with E-state index in [0.29, 0.717) is 25.9 Å². The van der Waals surface area contributed by atoms with Crippen LogP contribution in [-0.2, 0) is 11.0 Å². The number of nitrogens with zero attached hydrogens (tertiary/aromatic N) is 3. The minimum atomic E-state index is -4.49. The maximum absolute atomic E-state index is 13.4. The number of nitrogens with one attached hydrogen (secondary N) is 1. The molecule has 0 bridgehead atoms. The largest absolute Gasteiger partial charge is 0.496 e. The van der Waals surface area contributed by atoms with E-state index in [1.165, 1.54) is 12.3 Å². The van der Waals surface area contributed by atoms with Crippen LogP contribution in [0.15, 0.2) is 42.6 Å². The SMILES string of the molecule is COc1ccccc1C(CNC(=O)C1CCCN(c2ncccc2C(F)(F)F)C1)N(C)C. The van der Waals surface area contributed by atoms with E-state index in [2.05, 4.69) is 10.3 Å². The number of hydrogen-bond donors (Lipinski definition) is 1. The Hall–Kier alpha value is -2.81. The van der Waals surface area contributed by atoms with Crippen LogP contribution in [0.2, 0.25) is 0 Å². The molecule has 1 saturated heterocycles. The van der Waals surface area contributed by atoms with Crippen molar-refractivity contribution in [1.29, 1.82) is 0 Å². The molecule has 0 aliphatic carbocycles. The number of piperidine rings is 1. The maximum atomic E-state index is 13.4. The van der Waals surface area contributed by atoms with Gasteiger partial charge >= 0.3 is 6.18 Å². The monoisotopic (exact) mass is 450 g/mol. The number of pyridine rings is 1. The van der Waals surface area contributed by atoms with Crippen LogP contribution >= 0.6 is 0 Å². The highest BCUT2D eigenvalue weighted by Gasteiger charge is 2.37. The molecule has 0 radical (unpaired) electrons. The van der Waals surface area contributed by atoms with E-state index in [1.54, 1.807) is 12.0 Å². The van der Waals surface area contributed by atoms with Gasteiger partial charge in [-0.1, -0.05) is 18.2 Å². The number of para-hydroxylation sites is 1. The molecular formula is C23H29F3N4O2. The third-order valence-corrected chi connectivity index (χ3v) is 5.77. The number of carbonyl (C=O) groups is 1. The lowest BCUT2D eigenvalue weighted by Gasteiger charge is -2.34. The lowest BCUT2D eigenvalue weighted by Crippen LogP contribution is -2.45. The van der Waals surface area contributed by atoms with Crippen LogP contribution in [0.5, 0.6) is 5.75 Å². The average molecular weight is 451 g/mol. The molecule has 2 heterocycles. The Labute approximate surface area is 186 Å². The summed E-state index contributed by atoms with van der Waals surface area (Å²) in [7, 11) is 5.45. The molecule has 1 N–H and O–H groups in total. The van der Waals surface area contributed by atoms with Crippen LogP contribution in [0.1, 0.15) is 30.0 Å². The summed E-state index contributed by atoms with van der Waals surface area (Å²) in [5.74, 6) is 0.0464. The molecule has 1 amide bonds. The standard InChI is InChI=1S/C23H29F3N4O2/c1-29(2)19(17-9-4-5-11-20(17)32-3)14-28-22(31)16-8-7-13-30(15-16)21-18(23(24,25)26)10-6-12-27-21/h4-6,9-12,16,19H,7-8,13-15H2,1-3H3,(H,28,31). The van der Waals surface area contributed by atoms with E-state index in [-0.39, 0.29) is 24.3 Å². The van der Waals surface area contributed by atoms with Crippen molar-refractivity contribution in [3.63, 3.8) is 0 Å². The van der Waals surface area contributed by atoms with Gasteiger partial charge in [0.15, 0.2) is 0 Å². The summed E-state index contributed by atoms with van der Waals surface area (Å²) < 4.78 is 45.7. The van der Waals surface area contributed by atoms with Crippen LogP contribution in [0.3, 0.4) is 0 Å². The van der Waals surface area contributed by atoms with Crippen molar-refractivity contribution in [2.75, 3.05) is 45.7 Å². The summed E-state index contributed by atoms with van der Waals surface area (Å²) in [5, 5.41) is 3.00. The van der Waals surface area contributed by atoms with Gasteiger partial charge in [-0.15, -0.1) is 0 Å². The predicted molar refractivity (Wildman–Crippen MR) is 117 cm³/mol. The van der Waals surface area contributed by atoms with E-state index in [4.69, 9.17) is 4.74 Å². The molecule has 32 heavy (non-hydrogen) atoms. The fourth-order valence-corrected chi connectivity index (χ4v) is 4.11. The Balaban J connectivity index is 1.69. The Morgan fingerprint density at radius 3 is 2.72 bits per heavy atom. The first-order chi connectivity index (χ1) is 15.2. The zero-order valence-corrected chi connectivity index (χ0v) is 18.5. The molecule has 3 rings (SSSR count). The molecule has 0 saturated carbocycles. The number of carbonyl (C=O) groups excluding carboxylic acids is 1. The molecule has 1 aliphatic rings. The van der Waals surface area contributed by atoms with Gasteiger partial charge in [-0.2, -0.15) is 13.2 Å². The Morgan fingerprint density at radius 1 is 1.28 bits per heavy atom. The van der Waals surface area contributed by atoms with E-state index in [1.807, 2.05) is 43.3 Å². The van der Waals surface area contributed by atoms with E-state index >= 15 is 0 Å². The second-order valence-electron chi connectivity index (χ2n) is 8.12. The molecule has 1 aromatic carbocycles. The van der Waals surface area contributed by atoms with Crippen molar-refractivity contribution in [3.8, 4) is 5.75 Å². The topological polar surface area (TPSA) is 57.7 Å². The average Bonchev–Trinajstić information content (AvgIpc) is 2.78. The van der Waals surface area contributed by atoms with Gasteiger partial charge in [0.25, 0.3) is 0 Å². The number of hydrogen-bond acceptors (Lipinski definition) is 5. The number of alkyl halides is 3. The Bertz CT molecular complexity index is 920. The van der Waals surface area contributed by atoms with Crippen molar-refractivity contribution in [1.82, 2.24) is 15.2 Å². The van der Waals surface area contributed by atoms with Crippen molar-refractivity contribution in [2.24, 2.45) is 5.92 Å². The summed E-state index contributed by atoms with van der Waals surface area (Å²) in [6.07, 6.45) is -1.90. The fourth-order valence-electron chi connectivity index (χ4n) is 4.11. The van der Waals surface area contributed by atoms with Gasteiger partial charge in [0.1, 0.15) is 11.6 Å². The third-order valence-electron chi connectivity index (χ3n) is 5.77. The number of rotatable bonds is 7. The number of halogens is 3. The Kier molecular flexibility index (Phi) is 7.60. The van der Waals surface area contributed by atoms with Crippen LogP contribution in [-0.4, -0.2) is 56.6 Å². The number of methoxy groups -OCH3 is 1. The minimum Gasteiger partial charge on any atom is -0.496 e. The molecule has 174 valence electrons. The molecule has 2 aromatic rings. The maximum Gasteiger partial charge on any atom is 0.419 e. The van der Waals surface area contributed by atoms with E-state index < -0.39 is 17.7 Å². The van der Waals surface area contributed by atoms with Crippen molar-refractivity contribution < 1.29 is 22.7 Å². The number of aromatic nitrogens is 1. The van der Waals surface area contributed by atoms with Crippen LogP contribution in [0.4, 0.5) is 19.0 Å². The first kappa shape index (κ1) is 23.8. The van der Waals surface area contributed by atoms with Gasteiger partial charge in [-0.25, -0.2) is 4.98 Å². The van der Waals surface area contributed by atoms with Gasteiger partial charge < -0.3 is 19.9 Å². The van der Waals surface area contributed by atoms with Gasteiger partial charge in [-0.3, -0.25) is 4.79 Å². The van der Waals surface area contributed by atoms with Crippen molar-refractivity contribution in [3.05, 3.63) is 53.7 Å². The first-order valence-electron chi connectivity index (χ1n) is 10.6. The number of benzene rings is 1. The van der Waals surface area contributed by atoms with E-state index in [0.717, 1.165) is 17.4 Å². The minimum absolute atomic E-state index is 0.109. The smallest absolute Gasteiger partial charge is 0.419 e. The summed E-state index contributed by atoms with van der Waals surface area (Å²) in [4.78, 5) is 20.5. The van der Waals surface area contributed by atoms with Crippen molar-refractivity contribution >= 4 is 11.7 Å². The van der Waals surface area contributed by atoms with Crippen LogP contribution in [0, 0.1) is 5.92 Å². The quantitative estimate of drug-likeness (QED) is 0.697. The lowest BCUT2D eigenvalue weighted by atomic mass is 9.96. The normalized spacial score (nSPS) is 17.8. The van der Waals surface area contributed by atoms with Crippen molar-refractivity contribution in [2.45, 2.75) is 25.1 Å². The predicted octanol–water partition coefficient (Wildman–Crippen LogP) is 3.74. The van der Waals surface area contributed by atoms with Crippen LogP contribution < -0.4 is 15.0 Å². The first-order valence-corrected chi connectivity index (χ1v) is 10.6. The molecule has 1 aliphatic heterocycles. The fraction of sp³-hybridized carbons (Fsp3) is 0.478. The molecule has 2 atom stereocenters. The van der Waals surface area contributed by atoms with Gasteiger partial charge in [0.05, 0.1) is 24.6 Å². The molecule has 1 aromatic heterocycles. The molecule has 6 nitrogen and oxygen atoms in total. The highest BCUT2D eigenvalue weighted by atomic mass is 19.4. The lowest BCUT2D eigenvalue weighted by molar-refractivity contribution is -0.137. The van der Waals surface area contributed by atoms with Crippen LogP contribution in [0.25, 0.3) is 0 Å². The summed E-state index contributed by atoms with van der Waals surface area (Å²) in [6, 6.07) is 9.83. The number of anilines is 1. The van der Waals surface area contributed by atoms with Gasteiger partial charge in [0, 0.05) is 31.4 Å². The number of likely N-dealkylation sites (N-methyl/N-ethyl adjacent to an activating group) is 1. The second kappa shape index (κ2) is 10.2. The number of ether oxygens (including phenoxy) is 1. The summed E-state index contributed by atoms with van der Waals surface area (Å²) >= 11 is 0. The molecule has 1 fully saturated rings. The van der Waals surface area contributed by atoms with Gasteiger partial charge in [-0.05, 0) is 45.1 Å². The summed E-state index contributed by atoms with van der Waals surface area (Å²) in [5.41, 5.74) is 0.179. The molecule has 0 spiro atoms. The molecular weight excluding hydrogens is 421 g/mol. The highest BCUT2D eigenvalue weighted by molar-refractivity contribution is 5.79. The summed E-state index contributed by atoms with van der Waals surface area (Å²) in [6.45, 7) is 0.999. The highest BCUT2D eigenvalue weighted by Crippen LogP contribution is 2.36. The third kappa shape index (κ3) is 5.51. The zero-order valence-electron chi connectivity index (χ0n) is 18.5.